The topological polar surface area (TPSA) is 42.7 Å². The van der Waals surface area contributed by atoms with Gasteiger partial charge in [-0.2, -0.15) is 5.10 Å². The Bertz CT molecular complexity index is 413. The van der Waals surface area contributed by atoms with Gasteiger partial charge in [0.25, 0.3) is 0 Å². The van der Waals surface area contributed by atoms with Crippen molar-refractivity contribution >= 4 is 0 Å². The first kappa shape index (κ1) is 16.5. The highest BCUT2D eigenvalue weighted by atomic mass is 15.4. The lowest BCUT2D eigenvalue weighted by Gasteiger charge is -2.28. The van der Waals surface area contributed by atoms with Crippen LogP contribution in [0.15, 0.2) is 0 Å². The second-order valence-electron chi connectivity index (χ2n) is 6.52. The van der Waals surface area contributed by atoms with Gasteiger partial charge in [-0.25, -0.2) is 9.67 Å². The first-order chi connectivity index (χ1) is 10.2. The van der Waals surface area contributed by atoms with Gasteiger partial charge >= 0.3 is 0 Å². The van der Waals surface area contributed by atoms with Crippen LogP contribution in [0.4, 0.5) is 0 Å². The molecule has 4 heteroatoms. The zero-order valence-electron chi connectivity index (χ0n) is 14.1. The van der Waals surface area contributed by atoms with Gasteiger partial charge in [0.2, 0.25) is 0 Å². The predicted octanol–water partition coefficient (Wildman–Crippen LogP) is 3.94. The fourth-order valence-corrected chi connectivity index (χ4v) is 3.65. The number of likely N-dealkylation sites (N-methyl/N-ethyl adjacent to an activating group) is 1. The number of hydrogen-bond acceptors (Lipinski definition) is 3. The summed E-state index contributed by atoms with van der Waals surface area (Å²) in [6.07, 6.45) is 13.5. The standard InChI is InChI=1S/C17H32N4/c1-14-19-15(2)21(20-14)17-13-11-9-7-5-4-6-8-10-12-16(17)18-3/h16-18H,4-13H2,1-3H3. The van der Waals surface area contributed by atoms with Crippen LogP contribution in [-0.2, 0) is 0 Å². The summed E-state index contributed by atoms with van der Waals surface area (Å²) in [4.78, 5) is 4.51. The summed E-state index contributed by atoms with van der Waals surface area (Å²) >= 11 is 0. The second-order valence-corrected chi connectivity index (χ2v) is 6.52. The summed E-state index contributed by atoms with van der Waals surface area (Å²) in [5.41, 5.74) is 0. The van der Waals surface area contributed by atoms with Crippen molar-refractivity contribution in [1.82, 2.24) is 20.1 Å². The average molecular weight is 292 g/mol. The fraction of sp³-hybridized carbons (Fsp3) is 0.882. The Labute approximate surface area is 129 Å². The van der Waals surface area contributed by atoms with E-state index in [1.165, 1.54) is 64.2 Å². The third kappa shape index (κ3) is 4.80. The van der Waals surface area contributed by atoms with Crippen LogP contribution in [-0.4, -0.2) is 27.9 Å². The molecule has 1 aliphatic rings. The van der Waals surface area contributed by atoms with E-state index in [0.29, 0.717) is 12.1 Å². The lowest BCUT2D eigenvalue weighted by Crippen LogP contribution is -2.36. The molecule has 21 heavy (non-hydrogen) atoms. The molecule has 4 nitrogen and oxygen atoms in total. The minimum atomic E-state index is 0.454. The van der Waals surface area contributed by atoms with Crippen molar-refractivity contribution in [2.24, 2.45) is 0 Å². The monoisotopic (exact) mass is 292 g/mol. The van der Waals surface area contributed by atoms with E-state index in [1.54, 1.807) is 0 Å². The summed E-state index contributed by atoms with van der Waals surface area (Å²) in [7, 11) is 2.10. The number of hydrogen-bond donors (Lipinski definition) is 1. The maximum Gasteiger partial charge on any atom is 0.147 e. The largest absolute Gasteiger partial charge is 0.315 e. The number of aryl methyl sites for hydroxylation is 2. The Morgan fingerprint density at radius 1 is 0.905 bits per heavy atom. The van der Waals surface area contributed by atoms with Crippen LogP contribution in [0.3, 0.4) is 0 Å². The third-order valence-corrected chi connectivity index (χ3v) is 4.82. The van der Waals surface area contributed by atoms with Gasteiger partial charge in [0, 0.05) is 6.04 Å². The maximum atomic E-state index is 4.67. The second kappa shape index (κ2) is 8.52. The smallest absolute Gasteiger partial charge is 0.147 e. The highest BCUT2D eigenvalue weighted by Crippen LogP contribution is 2.25. The van der Waals surface area contributed by atoms with Gasteiger partial charge in [-0.1, -0.05) is 51.4 Å². The summed E-state index contributed by atoms with van der Waals surface area (Å²) in [6, 6.07) is 0.972. The number of aromatic nitrogens is 3. The third-order valence-electron chi connectivity index (χ3n) is 4.82. The quantitative estimate of drug-likeness (QED) is 0.898. The zero-order chi connectivity index (χ0) is 15.1. The minimum Gasteiger partial charge on any atom is -0.315 e. The highest BCUT2D eigenvalue weighted by molar-refractivity contribution is 4.93. The molecule has 0 aliphatic heterocycles. The molecule has 1 N–H and O–H groups in total. The van der Waals surface area contributed by atoms with Gasteiger partial charge in [-0.3, -0.25) is 0 Å². The first-order valence-electron chi connectivity index (χ1n) is 8.79. The Kier molecular flexibility index (Phi) is 6.68. The highest BCUT2D eigenvalue weighted by Gasteiger charge is 2.24. The van der Waals surface area contributed by atoms with Gasteiger partial charge in [0.05, 0.1) is 6.04 Å². The van der Waals surface area contributed by atoms with Crippen LogP contribution in [0, 0.1) is 13.8 Å². The molecule has 0 bridgehead atoms. The van der Waals surface area contributed by atoms with Crippen LogP contribution in [0.2, 0.25) is 0 Å². The maximum absolute atomic E-state index is 4.67. The lowest BCUT2D eigenvalue weighted by atomic mass is 9.94. The van der Waals surface area contributed by atoms with E-state index < -0.39 is 0 Å². The van der Waals surface area contributed by atoms with E-state index >= 15 is 0 Å². The zero-order valence-corrected chi connectivity index (χ0v) is 14.1. The van der Waals surface area contributed by atoms with Crippen LogP contribution in [0.5, 0.6) is 0 Å². The van der Waals surface area contributed by atoms with Gasteiger partial charge in [-0.05, 0) is 33.7 Å². The van der Waals surface area contributed by atoms with E-state index in [-0.39, 0.29) is 0 Å². The van der Waals surface area contributed by atoms with Crippen LogP contribution in [0.1, 0.15) is 81.9 Å². The summed E-state index contributed by atoms with van der Waals surface area (Å²) in [5, 5.41) is 8.22. The summed E-state index contributed by atoms with van der Waals surface area (Å²) in [5.74, 6) is 1.96. The van der Waals surface area contributed by atoms with E-state index in [4.69, 9.17) is 0 Å². The Morgan fingerprint density at radius 3 is 2.00 bits per heavy atom. The molecule has 2 unspecified atom stereocenters. The molecule has 0 saturated heterocycles. The minimum absolute atomic E-state index is 0.454. The molecular weight excluding hydrogens is 260 g/mol. The molecule has 2 rings (SSSR count). The Hall–Kier alpha value is -0.900. The SMILES string of the molecule is CNC1CCCCCCCCCCC1n1nc(C)nc1C. The van der Waals surface area contributed by atoms with Crippen molar-refractivity contribution in [2.75, 3.05) is 7.05 Å². The molecule has 1 aromatic heterocycles. The van der Waals surface area contributed by atoms with Gasteiger partial charge in [-0.15, -0.1) is 0 Å². The molecule has 1 aliphatic carbocycles. The molecular formula is C17H32N4. The number of nitrogens with zero attached hydrogens (tertiary/aromatic N) is 3. The summed E-state index contributed by atoms with van der Waals surface area (Å²) in [6.45, 7) is 4.08. The number of rotatable bonds is 2. The molecule has 0 radical (unpaired) electrons. The average Bonchev–Trinajstić information content (AvgIpc) is 2.78. The van der Waals surface area contributed by atoms with Gasteiger partial charge < -0.3 is 5.32 Å². The van der Waals surface area contributed by atoms with Crippen molar-refractivity contribution in [1.29, 1.82) is 0 Å². The van der Waals surface area contributed by atoms with Crippen LogP contribution >= 0.6 is 0 Å². The van der Waals surface area contributed by atoms with Crippen molar-refractivity contribution in [3.8, 4) is 0 Å². The van der Waals surface area contributed by atoms with Crippen molar-refractivity contribution in [3.05, 3.63) is 11.6 Å². The predicted molar refractivity (Wildman–Crippen MR) is 87.6 cm³/mol. The van der Waals surface area contributed by atoms with E-state index in [2.05, 4.69) is 34.1 Å². The molecule has 120 valence electrons. The van der Waals surface area contributed by atoms with Crippen molar-refractivity contribution < 1.29 is 0 Å². The Morgan fingerprint density at radius 2 is 1.48 bits per heavy atom. The van der Waals surface area contributed by atoms with E-state index in [9.17, 15) is 0 Å². The van der Waals surface area contributed by atoms with Crippen LogP contribution < -0.4 is 5.32 Å². The van der Waals surface area contributed by atoms with Gasteiger partial charge in [0.1, 0.15) is 11.6 Å². The first-order valence-corrected chi connectivity index (χ1v) is 8.79. The molecule has 1 saturated carbocycles. The molecule has 0 amide bonds. The molecule has 0 spiro atoms. The van der Waals surface area contributed by atoms with Gasteiger partial charge in [0.15, 0.2) is 0 Å². The van der Waals surface area contributed by atoms with E-state index in [1.807, 2.05) is 6.92 Å². The number of nitrogens with one attached hydrogen (secondary N) is 1. The lowest BCUT2D eigenvalue weighted by molar-refractivity contribution is 0.284. The van der Waals surface area contributed by atoms with Crippen LogP contribution in [0.25, 0.3) is 0 Å². The summed E-state index contributed by atoms with van der Waals surface area (Å²) < 4.78 is 2.18. The molecule has 2 atom stereocenters. The normalized spacial score (nSPS) is 26.0. The fourth-order valence-electron chi connectivity index (χ4n) is 3.65. The molecule has 1 fully saturated rings. The van der Waals surface area contributed by atoms with E-state index in [0.717, 1.165) is 11.6 Å². The Balaban J connectivity index is 2.11. The van der Waals surface area contributed by atoms with Crippen molar-refractivity contribution in [2.45, 2.75) is 90.1 Å². The molecule has 0 aromatic carbocycles. The molecule has 1 heterocycles. The van der Waals surface area contributed by atoms with Crippen molar-refractivity contribution in [3.63, 3.8) is 0 Å². The molecule has 1 aromatic rings.